The lowest BCUT2D eigenvalue weighted by Gasteiger charge is -2.33. The first-order chi connectivity index (χ1) is 9.87. The van der Waals surface area contributed by atoms with Gasteiger partial charge in [-0.1, -0.05) is 17.7 Å². The van der Waals surface area contributed by atoms with E-state index in [1.165, 1.54) is 11.4 Å². The van der Waals surface area contributed by atoms with Crippen molar-refractivity contribution < 1.29 is 17.9 Å². The average Bonchev–Trinajstić information content (AvgIpc) is 2.46. The molecular formula is C15H21NO4S. The number of esters is 1. The van der Waals surface area contributed by atoms with Crippen LogP contribution in [0.5, 0.6) is 0 Å². The summed E-state index contributed by atoms with van der Waals surface area (Å²) in [6, 6.07) is 4.51. The number of hydrogen-bond acceptors (Lipinski definition) is 4. The molecular weight excluding hydrogens is 290 g/mol. The van der Waals surface area contributed by atoms with Gasteiger partial charge in [-0.2, -0.15) is 4.31 Å². The van der Waals surface area contributed by atoms with E-state index in [1.54, 1.807) is 19.1 Å². The maximum atomic E-state index is 12.9. The van der Waals surface area contributed by atoms with Gasteiger partial charge < -0.3 is 4.74 Å². The Morgan fingerprint density at radius 3 is 2.62 bits per heavy atom. The largest absolute Gasteiger partial charge is 0.468 e. The van der Waals surface area contributed by atoms with Crippen LogP contribution in [-0.2, 0) is 19.6 Å². The van der Waals surface area contributed by atoms with Gasteiger partial charge >= 0.3 is 5.97 Å². The van der Waals surface area contributed by atoms with Crippen LogP contribution >= 0.6 is 0 Å². The minimum atomic E-state index is -3.68. The Hall–Kier alpha value is -1.40. The van der Waals surface area contributed by atoms with Crippen LogP contribution in [0.1, 0.15) is 30.4 Å². The molecule has 1 aliphatic heterocycles. The minimum absolute atomic E-state index is 0.268. The number of piperidine rings is 1. The van der Waals surface area contributed by atoms with Crippen molar-refractivity contribution in [3.63, 3.8) is 0 Å². The molecule has 1 fully saturated rings. The average molecular weight is 311 g/mol. The van der Waals surface area contributed by atoms with E-state index >= 15 is 0 Å². The van der Waals surface area contributed by atoms with E-state index < -0.39 is 22.0 Å². The summed E-state index contributed by atoms with van der Waals surface area (Å²) in [5.41, 5.74) is 1.71. The third-order valence-electron chi connectivity index (χ3n) is 3.84. The van der Waals surface area contributed by atoms with Crippen LogP contribution in [0.3, 0.4) is 0 Å². The zero-order valence-electron chi connectivity index (χ0n) is 12.6. The molecule has 1 aliphatic rings. The van der Waals surface area contributed by atoms with Crippen molar-refractivity contribution in [2.45, 2.75) is 44.0 Å². The Bertz CT molecular complexity index is 639. The van der Waals surface area contributed by atoms with Crippen molar-refractivity contribution in [1.29, 1.82) is 0 Å². The second-order valence-electron chi connectivity index (χ2n) is 5.42. The zero-order chi connectivity index (χ0) is 15.6. The predicted molar refractivity (Wildman–Crippen MR) is 79.5 cm³/mol. The summed E-state index contributed by atoms with van der Waals surface area (Å²) in [4.78, 5) is 12.1. The summed E-state index contributed by atoms with van der Waals surface area (Å²) in [6.45, 7) is 4.05. The third-order valence-corrected chi connectivity index (χ3v) is 5.91. The molecule has 2 rings (SSSR count). The van der Waals surface area contributed by atoms with Crippen molar-refractivity contribution in [3.05, 3.63) is 29.3 Å². The fraction of sp³-hybridized carbons (Fsp3) is 0.533. The fourth-order valence-electron chi connectivity index (χ4n) is 2.78. The van der Waals surface area contributed by atoms with Crippen LogP contribution < -0.4 is 0 Å². The molecule has 0 aliphatic carbocycles. The number of benzene rings is 1. The molecule has 21 heavy (non-hydrogen) atoms. The molecule has 5 nitrogen and oxygen atoms in total. The predicted octanol–water partition coefficient (Wildman–Crippen LogP) is 2.02. The van der Waals surface area contributed by atoms with Crippen LogP contribution in [0, 0.1) is 13.8 Å². The van der Waals surface area contributed by atoms with Gasteiger partial charge in [0.1, 0.15) is 6.04 Å². The number of aryl methyl sites for hydroxylation is 2. The summed E-state index contributed by atoms with van der Waals surface area (Å²) in [5, 5.41) is 0. The lowest BCUT2D eigenvalue weighted by atomic mass is 10.1. The number of hydrogen-bond donors (Lipinski definition) is 0. The fourth-order valence-corrected chi connectivity index (χ4v) is 4.63. The van der Waals surface area contributed by atoms with Gasteiger partial charge in [-0.25, -0.2) is 8.42 Å². The number of ether oxygens (including phenoxy) is 1. The second-order valence-corrected chi connectivity index (χ2v) is 7.28. The molecule has 1 aromatic carbocycles. The summed E-state index contributed by atoms with van der Waals surface area (Å²) in [6.07, 6.45) is 2.10. The first-order valence-electron chi connectivity index (χ1n) is 7.05. The molecule has 0 aromatic heterocycles. The molecule has 1 heterocycles. The Morgan fingerprint density at radius 2 is 2.00 bits per heavy atom. The topological polar surface area (TPSA) is 63.7 Å². The molecule has 1 aromatic rings. The first kappa shape index (κ1) is 16.0. The third kappa shape index (κ3) is 3.11. The smallest absolute Gasteiger partial charge is 0.324 e. The summed E-state index contributed by atoms with van der Waals surface area (Å²) >= 11 is 0. The van der Waals surface area contributed by atoms with Crippen molar-refractivity contribution in [1.82, 2.24) is 4.31 Å². The number of carbonyl (C=O) groups excluding carboxylic acids is 1. The van der Waals surface area contributed by atoms with Crippen molar-refractivity contribution in [3.8, 4) is 0 Å². The monoisotopic (exact) mass is 311 g/mol. The van der Waals surface area contributed by atoms with Gasteiger partial charge in [-0.15, -0.1) is 0 Å². The van der Waals surface area contributed by atoms with Gasteiger partial charge in [0.05, 0.1) is 12.0 Å². The van der Waals surface area contributed by atoms with Gasteiger partial charge in [0, 0.05) is 6.54 Å². The quantitative estimate of drug-likeness (QED) is 0.801. The molecule has 0 N–H and O–H groups in total. The summed E-state index contributed by atoms with van der Waals surface area (Å²) in [5.74, 6) is -0.483. The van der Waals surface area contributed by atoms with E-state index in [1.807, 2.05) is 13.0 Å². The Balaban J connectivity index is 2.43. The molecule has 116 valence electrons. The van der Waals surface area contributed by atoms with Gasteiger partial charge in [0.2, 0.25) is 10.0 Å². The Labute approximate surface area is 126 Å². The minimum Gasteiger partial charge on any atom is -0.468 e. The molecule has 1 saturated heterocycles. The normalized spacial score (nSPS) is 20.2. The van der Waals surface area contributed by atoms with Crippen LogP contribution in [0.4, 0.5) is 0 Å². The Kier molecular flexibility index (Phi) is 4.68. The number of sulfonamides is 1. The molecule has 1 unspecified atom stereocenters. The van der Waals surface area contributed by atoms with Crippen molar-refractivity contribution in [2.75, 3.05) is 13.7 Å². The lowest BCUT2D eigenvalue weighted by molar-refractivity contribution is -0.146. The van der Waals surface area contributed by atoms with Gasteiger partial charge in [-0.3, -0.25) is 4.79 Å². The van der Waals surface area contributed by atoms with Crippen LogP contribution in [-0.4, -0.2) is 38.4 Å². The lowest BCUT2D eigenvalue weighted by Crippen LogP contribution is -2.48. The van der Waals surface area contributed by atoms with Gasteiger partial charge in [0.25, 0.3) is 0 Å². The molecule has 0 spiro atoms. The number of methoxy groups -OCH3 is 1. The molecule has 0 bridgehead atoms. The molecule has 0 radical (unpaired) electrons. The van der Waals surface area contributed by atoms with E-state index in [4.69, 9.17) is 4.74 Å². The van der Waals surface area contributed by atoms with Crippen molar-refractivity contribution >= 4 is 16.0 Å². The van der Waals surface area contributed by atoms with Crippen LogP contribution in [0.15, 0.2) is 23.1 Å². The number of carbonyl (C=O) groups is 1. The molecule has 0 saturated carbocycles. The maximum absolute atomic E-state index is 12.9. The molecule has 1 atom stereocenters. The maximum Gasteiger partial charge on any atom is 0.324 e. The highest BCUT2D eigenvalue weighted by atomic mass is 32.2. The van der Waals surface area contributed by atoms with Crippen molar-refractivity contribution in [2.24, 2.45) is 0 Å². The number of nitrogens with zero attached hydrogens (tertiary/aromatic N) is 1. The van der Waals surface area contributed by atoms with Crippen LogP contribution in [0.2, 0.25) is 0 Å². The van der Waals surface area contributed by atoms with E-state index in [0.717, 1.165) is 18.4 Å². The SMILES string of the molecule is COC(=O)C1CCCCN1S(=O)(=O)c1ccc(C)cc1C. The highest BCUT2D eigenvalue weighted by molar-refractivity contribution is 7.89. The zero-order valence-corrected chi connectivity index (χ0v) is 13.4. The standard InChI is InChI=1S/C15H21NO4S/c1-11-7-8-14(12(2)10-11)21(18,19)16-9-5-4-6-13(16)15(17)20-3/h7-8,10,13H,4-6,9H2,1-3H3. The highest BCUT2D eigenvalue weighted by Gasteiger charge is 2.38. The van der Waals surface area contributed by atoms with Gasteiger partial charge in [0.15, 0.2) is 0 Å². The molecule has 6 heteroatoms. The van der Waals surface area contributed by atoms with E-state index in [2.05, 4.69) is 0 Å². The van der Waals surface area contributed by atoms with Gasteiger partial charge in [-0.05, 0) is 44.7 Å². The Morgan fingerprint density at radius 1 is 1.29 bits per heavy atom. The summed E-state index contributed by atoms with van der Waals surface area (Å²) in [7, 11) is -2.39. The van der Waals surface area contributed by atoms with E-state index in [0.29, 0.717) is 18.5 Å². The van der Waals surface area contributed by atoms with E-state index in [-0.39, 0.29) is 4.90 Å². The highest BCUT2D eigenvalue weighted by Crippen LogP contribution is 2.28. The van der Waals surface area contributed by atoms with E-state index in [9.17, 15) is 13.2 Å². The molecule has 0 amide bonds. The van der Waals surface area contributed by atoms with Crippen LogP contribution in [0.25, 0.3) is 0 Å². The summed E-state index contributed by atoms with van der Waals surface area (Å²) < 4.78 is 31.8. The second kappa shape index (κ2) is 6.15. The first-order valence-corrected chi connectivity index (χ1v) is 8.49. The number of rotatable bonds is 3.